The van der Waals surface area contributed by atoms with Crippen molar-refractivity contribution < 1.29 is 9.90 Å². The summed E-state index contributed by atoms with van der Waals surface area (Å²) in [6.45, 7) is 4.95. The first-order chi connectivity index (χ1) is 9.60. The van der Waals surface area contributed by atoms with Crippen molar-refractivity contribution >= 4 is 17.3 Å². The molecule has 1 heterocycles. The van der Waals surface area contributed by atoms with Gasteiger partial charge in [0.15, 0.2) is 0 Å². The summed E-state index contributed by atoms with van der Waals surface area (Å²) in [5.74, 6) is -0.857. The molecule has 2 aromatic rings. The van der Waals surface area contributed by atoms with E-state index in [1.54, 1.807) is 6.07 Å². The van der Waals surface area contributed by atoms with Gasteiger partial charge in [-0.1, -0.05) is 31.2 Å². The Hall–Kier alpha value is -1.65. The number of nitrogens with one attached hydrogen (secondary N) is 1. The van der Waals surface area contributed by atoms with Crippen LogP contribution in [0.2, 0.25) is 0 Å². The van der Waals surface area contributed by atoms with Crippen LogP contribution in [0.15, 0.2) is 36.4 Å². The van der Waals surface area contributed by atoms with Crippen LogP contribution in [0.25, 0.3) is 0 Å². The molecule has 4 heteroatoms. The van der Waals surface area contributed by atoms with E-state index in [9.17, 15) is 4.79 Å². The van der Waals surface area contributed by atoms with Gasteiger partial charge in [-0.25, -0.2) is 4.79 Å². The number of thiophene rings is 1. The predicted octanol–water partition coefficient (Wildman–Crippen LogP) is 3.86. The van der Waals surface area contributed by atoms with E-state index in [-0.39, 0.29) is 6.04 Å². The Labute approximate surface area is 123 Å². The van der Waals surface area contributed by atoms with E-state index in [0.29, 0.717) is 11.4 Å². The van der Waals surface area contributed by atoms with E-state index in [2.05, 4.69) is 43.4 Å². The van der Waals surface area contributed by atoms with Crippen molar-refractivity contribution in [1.82, 2.24) is 5.32 Å². The maximum atomic E-state index is 10.8. The van der Waals surface area contributed by atoms with Crippen LogP contribution in [0.1, 0.15) is 45.6 Å². The average Bonchev–Trinajstić information content (AvgIpc) is 2.94. The zero-order valence-electron chi connectivity index (χ0n) is 11.7. The summed E-state index contributed by atoms with van der Waals surface area (Å²) in [6.07, 6.45) is 1.05. The zero-order chi connectivity index (χ0) is 14.5. The van der Waals surface area contributed by atoms with Gasteiger partial charge in [-0.05, 0) is 36.6 Å². The molecule has 1 aromatic carbocycles. The molecule has 0 bridgehead atoms. The number of carbonyl (C=O) groups is 1. The van der Waals surface area contributed by atoms with Crippen molar-refractivity contribution in [3.63, 3.8) is 0 Å². The van der Waals surface area contributed by atoms with Gasteiger partial charge in [0.2, 0.25) is 0 Å². The molecule has 2 N–H and O–H groups in total. The van der Waals surface area contributed by atoms with Crippen molar-refractivity contribution in [3.05, 3.63) is 57.3 Å². The molecule has 3 nitrogen and oxygen atoms in total. The van der Waals surface area contributed by atoms with Crippen molar-refractivity contribution in [2.45, 2.75) is 32.9 Å². The van der Waals surface area contributed by atoms with Crippen LogP contribution in [-0.4, -0.2) is 11.1 Å². The fourth-order valence-electron chi connectivity index (χ4n) is 2.00. The second kappa shape index (κ2) is 6.68. The summed E-state index contributed by atoms with van der Waals surface area (Å²) < 4.78 is 0. The maximum Gasteiger partial charge on any atom is 0.345 e. The smallest absolute Gasteiger partial charge is 0.345 e. The fourth-order valence-corrected chi connectivity index (χ4v) is 2.80. The van der Waals surface area contributed by atoms with E-state index >= 15 is 0 Å². The third kappa shape index (κ3) is 3.68. The van der Waals surface area contributed by atoms with Gasteiger partial charge in [0.25, 0.3) is 0 Å². The van der Waals surface area contributed by atoms with Gasteiger partial charge in [-0.15, -0.1) is 11.3 Å². The first kappa shape index (κ1) is 14.8. The third-order valence-corrected chi connectivity index (χ3v) is 4.42. The van der Waals surface area contributed by atoms with E-state index in [1.807, 2.05) is 6.07 Å². The van der Waals surface area contributed by atoms with Gasteiger partial charge in [-0.3, -0.25) is 0 Å². The number of benzene rings is 1. The van der Waals surface area contributed by atoms with Gasteiger partial charge in [0.1, 0.15) is 4.88 Å². The zero-order valence-corrected chi connectivity index (χ0v) is 12.5. The first-order valence-electron chi connectivity index (χ1n) is 6.74. The van der Waals surface area contributed by atoms with Gasteiger partial charge in [0.05, 0.1) is 0 Å². The highest BCUT2D eigenvalue weighted by molar-refractivity contribution is 7.13. The molecule has 0 amide bonds. The van der Waals surface area contributed by atoms with Crippen LogP contribution < -0.4 is 5.32 Å². The third-order valence-electron chi connectivity index (χ3n) is 3.34. The second-order valence-electron chi connectivity index (χ2n) is 4.77. The summed E-state index contributed by atoms with van der Waals surface area (Å²) >= 11 is 1.32. The van der Waals surface area contributed by atoms with Crippen molar-refractivity contribution in [3.8, 4) is 0 Å². The number of hydrogen-bond donors (Lipinski definition) is 2. The number of carboxylic acid groups (broad SMARTS) is 1. The van der Waals surface area contributed by atoms with E-state index in [0.717, 1.165) is 11.3 Å². The highest BCUT2D eigenvalue weighted by Gasteiger charge is 2.09. The Kier molecular flexibility index (Phi) is 4.93. The normalized spacial score (nSPS) is 12.3. The van der Waals surface area contributed by atoms with Gasteiger partial charge < -0.3 is 10.4 Å². The summed E-state index contributed by atoms with van der Waals surface area (Å²) in [5.41, 5.74) is 2.59. The SMILES string of the molecule is CCc1ccc(C(C)NCc2ccc(C(=O)O)s2)cc1. The van der Waals surface area contributed by atoms with Gasteiger partial charge in [0, 0.05) is 17.5 Å². The molecule has 1 atom stereocenters. The van der Waals surface area contributed by atoms with Gasteiger partial charge >= 0.3 is 5.97 Å². The lowest BCUT2D eigenvalue weighted by molar-refractivity contribution is 0.0702. The molecule has 0 spiro atoms. The van der Waals surface area contributed by atoms with Crippen LogP contribution in [0.5, 0.6) is 0 Å². The number of rotatable bonds is 6. The van der Waals surface area contributed by atoms with Crippen LogP contribution in [-0.2, 0) is 13.0 Å². The minimum atomic E-state index is -0.857. The number of carboxylic acids is 1. The molecule has 0 radical (unpaired) electrons. The highest BCUT2D eigenvalue weighted by atomic mass is 32.1. The molecule has 0 saturated heterocycles. The number of hydrogen-bond acceptors (Lipinski definition) is 3. The van der Waals surface area contributed by atoms with Crippen LogP contribution in [0.4, 0.5) is 0 Å². The lowest BCUT2D eigenvalue weighted by Gasteiger charge is -2.14. The molecule has 0 aliphatic carbocycles. The van der Waals surface area contributed by atoms with Crippen molar-refractivity contribution in [1.29, 1.82) is 0 Å². The summed E-state index contributed by atoms with van der Waals surface area (Å²) in [5, 5.41) is 12.3. The molecule has 0 aliphatic rings. The Morgan fingerprint density at radius 3 is 2.50 bits per heavy atom. The monoisotopic (exact) mass is 289 g/mol. The van der Waals surface area contributed by atoms with E-state index in [1.165, 1.54) is 22.5 Å². The predicted molar refractivity (Wildman–Crippen MR) is 82.4 cm³/mol. The summed E-state index contributed by atoms with van der Waals surface area (Å²) in [4.78, 5) is 12.3. The molecule has 106 valence electrons. The summed E-state index contributed by atoms with van der Waals surface area (Å²) in [6, 6.07) is 12.4. The lowest BCUT2D eigenvalue weighted by atomic mass is 10.1. The molecule has 0 aliphatic heterocycles. The maximum absolute atomic E-state index is 10.8. The minimum absolute atomic E-state index is 0.247. The Balaban J connectivity index is 1.93. The van der Waals surface area contributed by atoms with Crippen LogP contribution in [0.3, 0.4) is 0 Å². The highest BCUT2D eigenvalue weighted by Crippen LogP contribution is 2.19. The second-order valence-corrected chi connectivity index (χ2v) is 5.94. The molecule has 1 unspecified atom stereocenters. The molecular formula is C16H19NO2S. The molecule has 2 rings (SSSR count). The number of aryl methyl sites for hydroxylation is 1. The molecule has 1 aromatic heterocycles. The van der Waals surface area contributed by atoms with Gasteiger partial charge in [-0.2, -0.15) is 0 Å². The quantitative estimate of drug-likeness (QED) is 0.849. The topological polar surface area (TPSA) is 49.3 Å². The largest absolute Gasteiger partial charge is 0.477 e. The van der Waals surface area contributed by atoms with Crippen LogP contribution >= 0.6 is 11.3 Å². The average molecular weight is 289 g/mol. The van der Waals surface area contributed by atoms with Crippen molar-refractivity contribution in [2.75, 3.05) is 0 Å². The van der Waals surface area contributed by atoms with E-state index < -0.39 is 5.97 Å². The molecular weight excluding hydrogens is 270 g/mol. The van der Waals surface area contributed by atoms with Crippen molar-refractivity contribution in [2.24, 2.45) is 0 Å². The minimum Gasteiger partial charge on any atom is -0.477 e. The fraction of sp³-hybridized carbons (Fsp3) is 0.312. The standard InChI is InChI=1S/C16H19NO2S/c1-3-12-4-6-13(7-5-12)11(2)17-10-14-8-9-15(20-14)16(18)19/h4-9,11,17H,3,10H2,1-2H3,(H,18,19). The van der Waals surface area contributed by atoms with E-state index in [4.69, 9.17) is 5.11 Å². The molecule has 20 heavy (non-hydrogen) atoms. The Bertz CT molecular complexity index is 574. The number of aromatic carboxylic acids is 1. The first-order valence-corrected chi connectivity index (χ1v) is 7.56. The summed E-state index contributed by atoms with van der Waals surface area (Å²) in [7, 11) is 0. The molecule has 0 fully saturated rings. The van der Waals surface area contributed by atoms with Crippen LogP contribution in [0, 0.1) is 0 Å². The Morgan fingerprint density at radius 2 is 1.95 bits per heavy atom. The molecule has 0 saturated carbocycles. The lowest BCUT2D eigenvalue weighted by Crippen LogP contribution is -2.17. The Morgan fingerprint density at radius 1 is 1.25 bits per heavy atom.